The molecule has 0 heterocycles. The van der Waals surface area contributed by atoms with Crippen molar-refractivity contribution in [3.63, 3.8) is 0 Å². The Bertz CT molecular complexity index is 2030. The van der Waals surface area contributed by atoms with Crippen molar-refractivity contribution in [3.05, 3.63) is 102 Å². The second kappa shape index (κ2) is 11.3. The van der Waals surface area contributed by atoms with Gasteiger partial charge in [0.15, 0.2) is 5.78 Å². The molecule has 8 atom stereocenters. The van der Waals surface area contributed by atoms with Gasteiger partial charge in [-0.2, -0.15) is 4.31 Å². The molecule has 3 saturated carbocycles. The first-order chi connectivity index (χ1) is 23.7. The Balaban J connectivity index is 1.21. The van der Waals surface area contributed by atoms with E-state index in [4.69, 9.17) is 4.74 Å². The molecule has 50 heavy (non-hydrogen) atoms. The van der Waals surface area contributed by atoms with E-state index in [1.54, 1.807) is 7.11 Å². The molecule has 8 heteroatoms. The van der Waals surface area contributed by atoms with Crippen LogP contribution in [0.2, 0.25) is 0 Å². The number of nitrogens with zero attached hydrogens (tertiary/aromatic N) is 1. The molecule has 7 nitrogen and oxygen atoms in total. The number of hydrogen-bond acceptors (Lipinski definition) is 6. The quantitative estimate of drug-likeness (QED) is 0.193. The zero-order valence-corrected chi connectivity index (χ0v) is 30.4. The Hall–Kier alpha value is -3.30. The van der Waals surface area contributed by atoms with Gasteiger partial charge >= 0.3 is 0 Å². The van der Waals surface area contributed by atoms with Crippen molar-refractivity contribution in [1.82, 2.24) is 4.31 Å². The molecule has 6 aliphatic rings. The van der Waals surface area contributed by atoms with E-state index in [2.05, 4.69) is 32.1 Å². The van der Waals surface area contributed by atoms with Crippen molar-refractivity contribution >= 4 is 26.6 Å². The number of Topliss-reactive ketones (excluding diaryl/α,β-unsaturated/α-hetero) is 1. The summed E-state index contributed by atoms with van der Waals surface area (Å²) in [5.41, 5.74) is -0.890. The van der Waals surface area contributed by atoms with Gasteiger partial charge in [-0.05, 0) is 103 Å². The summed E-state index contributed by atoms with van der Waals surface area (Å²) in [6.45, 7) is 4.68. The molecule has 2 spiro atoms. The molecule has 3 aromatic carbocycles. The number of aliphatic hydroxyl groups excluding tert-OH is 1. The monoisotopic (exact) mass is 695 g/mol. The minimum atomic E-state index is -3.70. The lowest BCUT2D eigenvalue weighted by Crippen LogP contribution is -2.67. The van der Waals surface area contributed by atoms with Crippen molar-refractivity contribution in [2.24, 2.45) is 33.5 Å². The highest BCUT2D eigenvalue weighted by atomic mass is 32.2. The molecule has 0 amide bonds. The van der Waals surface area contributed by atoms with E-state index in [1.165, 1.54) is 10.6 Å². The first-order valence-corrected chi connectivity index (χ1v) is 20.0. The smallest absolute Gasteiger partial charge is 0.211 e. The van der Waals surface area contributed by atoms with E-state index in [0.29, 0.717) is 30.6 Å². The standard InChI is InChI=1S/C42H49NO6S/c1-38-19-16-31(44)24-40(38)22-23-42(34(25-40)37(45)29-12-14-32(49-3)15-13-29)35(38)17-20-39(2)36(42)18-21-41(39,46)27-43(50(4,47)48)26-30-10-7-9-28-8-5-6-11-33(28)30/h5-15,22-23,25,31,35-36,44,46H,16-21,24,26-27H2,1-4H3. The predicted octanol–water partition coefficient (Wildman–Crippen LogP) is 7.08. The number of sulfonamides is 1. The van der Waals surface area contributed by atoms with Gasteiger partial charge in [0.2, 0.25) is 10.0 Å². The average Bonchev–Trinajstić information content (AvgIpc) is 3.37. The SMILES string of the molecule is COc1ccc(C(=O)C2=CC34C=CC25C(CCC2(C)C5CCC2(O)CN(Cc2cccc5ccccc25)S(C)(=O)=O)C3(C)CCC(O)C4)cc1. The van der Waals surface area contributed by atoms with Crippen LogP contribution in [0.5, 0.6) is 5.75 Å². The third kappa shape index (κ3) is 4.64. The maximum Gasteiger partial charge on any atom is 0.211 e. The van der Waals surface area contributed by atoms with Crippen LogP contribution >= 0.6 is 0 Å². The number of methoxy groups -OCH3 is 1. The molecule has 2 bridgehead atoms. The molecule has 3 aromatic rings. The third-order valence-electron chi connectivity index (χ3n) is 14.4. The fourth-order valence-corrected chi connectivity index (χ4v) is 12.5. The summed E-state index contributed by atoms with van der Waals surface area (Å²) in [6.07, 6.45) is 12.5. The second-order valence-corrected chi connectivity index (χ2v) is 18.5. The third-order valence-corrected chi connectivity index (χ3v) is 15.6. The number of benzene rings is 3. The number of carbonyl (C=O) groups is 1. The fourth-order valence-electron chi connectivity index (χ4n) is 11.7. The summed E-state index contributed by atoms with van der Waals surface area (Å²) in [7, 11) is -2.09. The summed E-state index contributed by atoms with van der Waals surface area (Å²) in [5.74, 6) is 0.737. The van der Waals surface area contributed by atoms with Crippen molar-refractivity contribution in [3.8, 4) is 5.75 Å². The zero-order valence-electron chi connectivity index (χ0n) is 29.6. The maximum atomic E-state index is 14.8. The largest absolute Gasteiger partial charge is 0.497 e. The summed E-state index contributed by atoms with van der Waals surface area (Å²) in [6, 6.07) is 21.2. The summed E-state index contributed by atoms with van der Waals surface area (Å²) >= 11 is 0. The van der Waals surface area contributed by atoms with Gasteiger partial charge in [0.25, 0.3) is 0 Å². The van der Waals surface area contributed by atoms with Crippen LogP contribution in [-0.4, -0.2) is 60.3 Å². The van der Waals surface area contributed by atoms with Crippen molar-refractivity contribution < 1.29 is 28.2 Å². The topological polar surface area (TPSA) is 104 Å². The molecule has 264 valence electrons. The van der Waals surface area contributed by atoms with Crippen LogP contribution in [0.1, 0.15) is 74.7 Å². The lowest BCUT2D eigenvalue weighted by Gasteiger charge is -2.71. The van der Waals surface area contributed by atoms with Crippen molar-refractivity contribution in [2.45, 2.75) is 77.0 Å². The molecule has 3 fully saturated rings. The Labute approximate surface area is 296 Å². The first kappa shape index (κ1) is 33.8. The van der Waals surface area contributed by atoms with Crippen LogP contribution in [0.15, 0.2) is 90.5 Å². The molecular formula is C42H49NO6S. The highest BCUT2D eigenvalue weighted by Crippen LogP contribution is 2.78. The minimum Gasteiger partial charge on any atom is -0.497 e. The number of allylic oxidation sites excluding steroid dienone is 4. The lowest BCUT2D eigenvalue weighted by atomic mass is 9.32. The lowest BCUT2D eigenvalue weighted by molar-refractivity contribution is -0.173. The fraction of sp³-hybridized carbons (Fsp3) is 0.500. The maximum absolute atomic E-state index is 14.8. The summed E-state index contributed by atoms with van der Waals surface area (Å²) in [4.78, 5) is 14.8. The highest BCUT2D eigenvalue weighted by molar-refractivity contribution is 7.88. The molecule has 0 aliphatic heterocycles. The van der Waals surface area contributed by atoms with Gasteiger partial charge < -0.3 is 14.9 Å². The van der Waals surface area contributed by atoms with Crippen LogP contribution in [0.4, 0.5) is 0 Å². The Kier molecular flexibility index (Phi) is 7.68. The Morgan fingerprint density at radius 3 is 2.32 bits per heavy atom. The molecule has 0 aromatic heterocycles. The molecule has 6 aliphatic carbocycles. The van der Waals surface area contributed by atoms with E-state index in [-0.39, 0.29) is 36.1 Å². The first-order valence-electron chi connectivity index (χ1n) is 18.1. The van der Waals surface area contributed by atoms with Crippen LogP contribution < -0.4 is 4.74 Å². The zero-order chi connectivity index (χ0) is 35.3. The molecular weight excluding hydrogens is 647 g/mol. The predicted molar refractivity (Wildman–Crippen MR) is 195 cm³/mol. The summed E-state index contributed by atoms with van der Waals surface area (Å²) in [5, 5.41) is 26.0. The number of carbonyl (C=O) groups excluding carboxylic acids is 1. The Morgan fingerprint density at radius 1 is 0.900 bits per heavy atom. The van der Waals surface area contributed by atoms with Crippen LogP contribution in [0.25, 0.3) is 10.8 Å². The molecule has 0 radical (unpaired) electrons. The Morgan fingerprint density at radius 2 is 1.58 bits per heavy atom. The normalized spacial score (nSPS) is 37.3. The second-order valence-electron chi connectivity index (χ2n) is 16.5. The number of aliphatic hydroxyl groups is 2. The van der Waals surface area contributed by atoms with E-state index >= 15 is 0 Å². The number of hydrogen-bond donors (Lipinski definition) is 2. The van der Waals surface area contributed by atoms with Crippen LogP contribution in [0, 0.1) is 33.5 Å². The van der Waals surface area contributed by atoms with Gasteiger partial charge in [-0.15, -0.1) is 0 Å². The minimum absolute atomic E-state index is 0.00854. The van der Waals surface area contributed by atoms with Crippen LogP contribution in [-0.2, 0) is 16.6 Å². The van der Waals surface area contributed by atoms with Crippen LogP contribution in [0.3, 0.4) is 0 Å². The number of fused-ring (bicyclic) bond motifs is 2. The van der Waals surface area contributed by atoms with Crippen molar-refractivity contribution in [2.75, 3.05) is 19.9 Å². The van der Waals surface area contributed by atoms with E-state index in [0.717, 1.165) is 47.6 Å². The number of ketones is 1. The average molecular weight is 696 g/mol. The number of rotatable bonds is 8. The van der Waals surface area contributed by atoms with E-state index in [9.17, 15) is 23.4 Å². The molecule has 0 saturated heterocycles. The number of ether oxygens (including phenoxy) is 1. The van der Waals surface area contributed by atoms with Gasteiger partial charge in [-0.25, -0.2) is 8.42 Å². The van der Waals surface area contributed by atoms with Gasteiger partial charge in [0, 0.05) is 40.5 Å². The van der Waals surface area contributed by atoms with Gasteiger partial charge in [0.05, 0.1) is 25.1 Å². The molecule has 8 unspecified atom stereocenters. The van der Waals surface area contributed by atoms with Gasteiger partial charge in [-0.3, -0.25) is 4.79 Å². The van der Waals surface area contributed by atoms with E-state index in [1.807, 2.05) is 66.7 Å². The molecule has 2 N–H and O–H groups in total. The van der Waals surface area contributed by atoms with E-state index < -0.39 is 38.0 Å². The van der Waals surface area contributed by atoms with Gasteiger partial charge in [-0.1, -0.05) is 74.5 Å². The highest BCUT2D eigenvalue weighted by Gasteiger charge is 2.74. The van der Waals surface area contributed by atoms with Crippen molar-refractivity contribution in [1.29, 1.82) is 0 Å². The molecule has 9 rings (SSSR count). The van der Waals surface area contributed by atoms with Gasteiger partial charge in [0.1, 0.15) is 5.75 Å². The summed E-state index contributed by atoms with van der Waals surface area (Å²) < 4.78 is 33.9.